The van der Waals surface area contributed by atoms with E-state index in [1.165, 1.54) is 5.56 Å². The molecule has 1 aliphatic rings. The standard InChI is InChI=1S/C22H18Cl2N2O/c23-19-5-1-3-15(11-19)20-7-6-16(12-21(20)24)22(27)26-10-8-18(14-26)17-4-2-9-25-13-17/h1-7,9,11-13,18H,8,10,14H2. The molecular formula is C22H18Cl2N2O. The highest BCUT2D eigenvalue weighted by atomic mass is 35.5. The number of aromatic nitrogens is 1. The fraction of sp³-hybridized carbons (Fsp3) is 0.182. The number of nitrogens with zero attached hydrogens (tertiary/aromatic N) is 2. The van der Waals surface area contributed by atoms with Crippen LogP contribution in [0.25, 0.3) is 11.1 Å². The Kier molecular flexibility index (Phi) is 5.15. The van der Waals surface area contributed by atoms with Gasteiger partial charge in [0.2, 0.25) is 0 Å². The van der Waals surface area contributed by atoms with Crippen LogP contribution in [0.1, 0.15) is 28.3 Å². The van der Waals surface area contributed by atoms with Crippen LogP contribution in [0.5, 0.6) is 0 Å². The van der Waals surface area contributed by atoms with Crippen LogP contribution in [-0.4, -0.2) is 28.9 Å². The molecule has 0 N–H and O–H groups in total. The van der Waals surface area contributed by atoms with Crippen LogP contribution in [0.15, 0.2) is 67.0 Å². The molecule has 2 aromatic carbocycles. The van der Waals surface area contributed by atoms with Crippen LogP contribution in [0, 0.1) is 0 Å². The van der Waals surface area contributed by atoms with Crippen molar-refractivity contribution in [1.82, 2.24) is 9.88 Å². The van der Waals surface area contributed by atoms with E-state index in [2.05, 4.69) is 11.1 Å². The van der Waals surface area contributed by atoms with Gasteiger partial charge in [0.25, 0.3) is 5.91 Å². The molecule has 5 heteroatoms. The third-order valence-corrected chi connectivity index (χ3v) is 5.53. The average Bonchev–Trinajstić information content (AvgIpc) is 3.18. The van der Waals surface area contributed by atoms with Crippen molar-refractivity contribution >= 4 is 29.1 Å². The lowest BCUT2D eigenvalue weighted by Gasteiger charge is -2.17. The SMILES string of the molecule is O=C(c1ccc(-c2cccc(Cl)c2)c(Cl)c1)N1CCC(c2cccnc2)C1. The fourth-order valence-corrected chi connectivity index (χ4v) is 4.04. The maximum atomic E-state index is 12.9. The molecule has 1 atom stereocenters. The topological polar surface area (TPSA) is 33.2 Å². The number of hydrogen-bond donors (Lipinski definition) is 0. The van der Waals surface area contributed by atoms with E-state index in [4.69, 9.17) is 23.2 Å². The van der Waals surface area contributed by atoms with Crippen molar-refractivity contribution in [3.63, 3.8) is 0 Å². The monoisotopic (exact) mass is 396 g/mol. The van der Waals surface area contributed by atoms with Crippen molar-refractivity contribution in [2.75, 3.05) is 13.1 Å². The Morgan fingerprint density at radius 3 is 2.70 bits per heavy atom. The molecule has 1 saturated heterocycles. The summed E-state index contributed by atoms with van der Waals surface area (Å²) in [5.41, 5.74) is 3.59. The highest BCUT2D eigenvalue weighted by Gasteiger charge is 2.28. The van der Waals surface area contributed by atoms with Gasteiger partial charge in [-0.05, 0) is 47.9 Å². The molecule has 0 spiro atoms. The van der Waals surface area contributed by atoms with E-state index in [-0.39, 0.29) is 5.91 Å². The molecule has 1 aromatic heterocycles. The lowest BCUT2D eigenvalue weighted by atomic mass is 10.0. The molecule has 0 bridgehead atoms. The van der Waals surface area contributed by atoms with Crippen molar-refractivity contribution in [2.24, 2.45) is 0 Å². The molecule has 3 aromatic rings. The van der Waals surface area contributed by atoms with Gasteiger partial charge in [-0.2, -0.15) is 0 Å². The number of amides is 1. The zero-order chi connectivity index (χ0) is 18.8. The van der Waals surface area contributed by atoms with Crippen LogP contribution in [0.2, 0.25) is 10.0 Å². The van der Waals surface area contributed by atoms with Gasteiger partial charge in [0.1, 0.15) is 0 Å². The predicted molar refractivity (Wildman–Crippen MR) is 109 cm³/mol. The predicted octanol–water partition coefficient (Wildman–Crippen LogP) is 5.69. The highest BCUT2D eigenvalue weighted by molar-refractivity contribution is 6.34. The smallest absolute Gasteiger partial charge is 0.253 e. The van der Waals surface area contributed by atoms with E-state index >= 15 is 0 Å². The van der Waals surface area contributed by atoms with E-state index in [9.17, 15) is 4.79 Å². The average molecular weight is 397 g/mol. The Balaban J connectivity index is 1.52. The highest BCUT2D eigenvalue weighted by Crippen LogP contribution is 2.32. The molecule has 0 radical (unpaired) electrons. The van der Waals surface area contributed by atoms with Gasteiger partial charge in [-0.15, -0.1) is 0 Å². The number of hydrogen-bond acceptors (Lipinski definition) is 2. The van der Waals surface area contributed by atoms with E-state index < -0.39 is 0 Å². The summed E-state index contributed by atoms with van der Waals surface area (Å²) in [7, 11) is 0. The largest absolute Gasteiger partial charge is 0.338 e. The number of halogens is 2. The van der Waals surface area contributed by atoms with Gasteiger partial charge in [0, 0.05) is 52.6 Å². The van der Waals surface area contributed by atoms with E-state index in [1.54, 1.807) is 12.3 Å². The molecule has 3 nitrogen and oxygen atoms in total. The zero-order valence-corrected chi connectivity index (χ0v) is 16.1. The summed E-state index contributed by atoms with van der Waals surface area (Å²) >= 11 is 12.5. The van der Waals surface area contributed by atoms with Crippen LogP contribution in [-0.2, 0) is 0 Å². The zero-order valence-electron chi connectivity index (χ0n) is 14.6. The van der Waals surface area contributed by atoms with Crippen LogP contribution in [0.4, 0.5) is 0 Å². The van der Waals surface area contributed by atoms with Gasteiger partial charge in [-0.25, -0.2) is 0 Å². The Hall–Kier alpha value is -2.36. The Morgan fingerprint density at radius 1 is 1.07 bits per heavy atom. The second-order valence-electron chi connectivity index (χ2n) is 6.73. The van der Waals surface area contributed by atoms with Gasteiger partial charge >= 0.3 is 0 Å². The van der Waals surface area contributed by atoms with E-state index in [1.807, 2.05) is 53.6 Å². The molecular weight excluding hydrogens is 379 g/mol. The van der Waals surface area contributed by atoms with Gasteiger partial charge in [-0.3, -0.25) is 9.78 Å². The lowest BCUT2D eigenvalue weighted by Crippen LogP contribution is -2.28. The number of pyridine rings is 1. The van der Waals surface area contributed by atoms with Crippen LogP contribution >= 0.6 is 23.2 Å². The van der Waals surface area contributed by atoms with Crippen molar-refractivity contribution < 1.29 is 4.79 Å². The van der Waals surface area contributed by atoms with E-state index in [0.29, 0.717) is 28.1 Å². The van der Waals surface area contributed by atoms with Gasteiger partial charge in [0.05, 0.1) is 0 Å². The quantitative estimate of drug-likeness (QED) is 0.569. The molecule has 1 amide bonds. The summed E-state index contributed by atoms with van der Waals surface area (Å²) in [5, 5.41) is 1.20. The summed E-state index contributed by atoms with van der Waals surface area (Å²) < 4.78 is 0. The van der Waals surface area contributed by atoms with Crippen LogP contribution in [0.3, 0.4) is 0 Å². The number of carbonyl (C=O) groups is 1. The molecule has 27 heavy (non-hydrogen) atoms. The second kappa shape index (κ2) is 7.71. The molecule has 1 fully saturated rings. The maximum Gasteiger partial charge on any atom is 0.253 e. The molecule has 0 saturated carbocycles. The number of benzene rings is 2. The molecule has 136 valence electrons. The number of carbonyl (C=O) groups excluding carboxylic acids is 1. The molecule has 2 heterocycles. The van der Waals surface area contributed by atoms with Crippen molar-refractivity contribution in [3.8, 4) is 11.1 Å². The first-order valence-corrected chi connectivity index (χ1v) is 9.62. The first-order valence-electron chi connectivity index (χ1n) is 8.86. The maximum absolute atomic E-state index is 12.9. The molecule has 1 aliphatic heterocycles. The number of likely N-dealkylation sites (tertiary alicyclic amines) is 1. The molecule has 1 unspecified atom stereocenters. The number of rotatable bonds is 3. The summed E-state index contributed by atoms with van der Waals surface area (Å²) in [6.45, 7) is 1.45. The first-order chi connectivity index (χ1) is 13.1. The van der Waals surface area contributed by atoms with E-state index in [0.717, 1.165) is 24.1 Å². The van der Waals surface area contributed by atoms with Crippen molar-refractivity contribution in [3.05, 3.63) is 88.2 Å². The Labute approximate surface area is 168 Å². The second-order valence-corrected chi connectivity index (χ2v) is 7.57. The third kappa shape index (κ3) is 3.85. The Bertz CT molecular complexity index is 975. The van der Waals surface area contributed by atoms with Gasteiger partial charge in [0.15, 0.2) is 0 Å². The third-order valence-electron chi connectivity index (χ3n) is 4.98. The van der Waals surface area contributed by atoms with Crippen molar-refractivity contribution in [1.29, 1.82) is 0 Å². The Morgan fingerprint density at radius 2 is 1.96 bits per heavy atom. The van der Waals surface area contributed by atoms with Crippen LogP contribution < -0.4 is 0 Å². The summed E-state index contributed by atoms with van der Waals surface area (Å²) in [6.07, 6.45) is 4.60. The minimum Gasteiger partial charge on any atom is -0.338 e. The van der Waals surface area contributed by atoms with Gasteiger partial charge in [-0.1, -0.05) is 47.5 Å². The normalized spacial score (nSPS) is 16.5. The fourth-order valence-electron chi connectivity index (χ4n) is 3.56. The summed E-state index contributed by atoms with van der Waals surface area (Å²) in [5.74, 6) is 0.352. The summed E-state index contributed by atoms with van der Waals surface area (Å²) in [6, 6.07) is 17.0. The van der Waals surface area contributed by atoms with Crippen molar-refractivity contribution in [2.45, 2.75) is 12.3 Å². The minimum absolute atomic E-state index is 0.0148. The molecule has 4 rings (SSSR count). The minimum atomic E-state index is 0.0148. The molecule has 0 aliphatic carbocycles. The first kappa shape index (κ1) is 18.0. The summed E-state index contributed by atoms with van der Waals surface area (Å²) in [4.78, 5) is 19.0. The lowest BCUT2D eigenvalue weighted by molar-refractivity contribution is 0.0791. The van der Waals surface area contributed by atoms with Gasteiger partial charge < -0.3 is 4.90 Å².